The molecule has 0 fully saturated rings. The van der Waals surface area contributed by atoms with Crippen LogP contribution in [0.5, 0.6) is 0 Å². The van der Waals surface area contributed by atoms with Crippen LogP contribution in [0.4, 0.5) is 0 Å². The Labute approximate surface area is 131 Å². The molecule has 0 unspecified atom stereocenters. The van der Waals surface area contributed by atoms with Gasteiger partial charge in [0, 0.05) is 0 Å². The van der Waals surface area contributed by atoms with Gasteiger partial charge in [0.15, 0.2) is 0 Å². The van der Waals surface area contributed by atoms with E-state index in [2.05, 4.69) is 18.7 Å². The van der Waals surface area contributed by atoms with E-state index in [4.69, 9.17) is 4.55 Å². The van der Waals surface area contributed by atoms with Crippen LogP contribution in [0.3, 0.4) is 0 Å². The second-order valence-electron chi connectivity index (χ2n) is 4.23. The molecule has 0 atom stereocenters. The minimum absolute atomic E-state index is 0.732. The summed E-state index contributed by atoms with van der Waals surface area (Å²) in [5, 5.41) is 0.752. The molecule has 0 bridgehead atoms. The van der Waals surface area contributed by atoms with Crippen LogP contribution in [-0.4, -0.2) is 13.0 Å². The molecular formula is C18H18O3S. The topological polar surface area (TPSA) is 54.4 Å². The lowest BCUT2D eigenvalue weighted by Crippen LogP contribution is -1.88. The van der Waals surface area contributed by atoms with Gasteiger partial charge in [0.2, 0.25) is 0 Å². The Bertz CT molecular complexity index is 715. The van der Waals surface area contributed by atoms with Crippen LogP contribution in [0.2, 0.25) is 0 Å². The van der Waals surface area contributed by atoms with E-state index in [0.717, 1.165) is 11.0 Å². The van der Waals surface area contributed by atoms with Gasteiger partial charge in [0.1, 0.15) is 0 Å². The van der Waals surface area contributed by atoms with Gasteiger partial charge in [-0.15, -0.1) is 0 Å². The third-order valence-electron chi connectivity index (χ3n) is 2.46. The van der Waals surface area contributed by atoms with E-state index in [-0.39, 0.29) is 0 Å². The maximum absolute atomic E-state index is 10.3. The monoisotopic (exact) mass is 314 g/mol. The van der Waals surface area contributed by atoms with E-state index in [1.807, 2.05) is 36.4 Å². The molecule has 2 rings (SSSR count). The molecule has 1 N–H and O–H groups in total. The second-order valence-corrected chi connectivity index (χ2v) is 5.54. The van der Waals surface area contributed by atoms with E-state index < -0.39 is 10.1 Å². The summed E-state index contributed by atoms with van der Waals surface area (Å²) >= 11 is 0. The minimum Gasteiger partial charge on any atom is -0.282 e. The van der Waals surface area contributed by atoms with Gasteiger partial charge in [-0.1, -0.05) is 85.5 Å². The number of benzene rings is 2. The molecule has 0 spiro atoms. The van der Waals surface area contributed by atoms with Crippen molar-refractivity contribution >= 4 is 22.3 Å². The zero-order valence-corrected chi connectivity index (χ0v) is 12.9. The first-order valence-electron chi connectivity index (χ1n) is 6.56. The zero-order chi connectivity index (χ0) is 16.3. The van der Waals surface area contributed by atoms with Crippen LogP contribution in [0.25, 0.3) is 12.2 Å². The highest BCUT2D eigenvalue weighted by Gasteiger charge is 1.94. The maximum atomic E-state index is 10.3. The summed E-state index contributed by atoms with van der Waals surface area (Å²) in [5.74, 6) is 0. The fourth-order valence-electron chi connectivity index (χ4n) is 1.47. The van der Waals surface area contributed by atoms with Gasteiger partial charge < -0.3 is 0 Å². The molecule has 114 valence electrons. The lowest BCUT2D eigenvalue weighted by atomic mass is 10.2. The molecule has 2 aromatic carbocycles. The molecular weight excluding hydrogens is 296 g/mol. The first-order chi connectivity index (χ1) is 10.5. The van der Waals surface area contributed by atoms with Gasteiger partial charge in [-0.05, 0) is 17.2 Å². The van der Waals surface area contributed by atoms with Crippen LogP contribution in [0.15, 0.2) is 84.8 Å². The van der Waals surface area contributed by atoms with Crippen molar-refractivity contribution in [1.29, 1.82) is 0 Å². The molecule has 0 saturated carbocycles. The molecule has 0 heterocycles. The van der Waals surface area contributed by atoms with Crippen molar-refractivity contribution in [3.63, 3.8) is 0 Å². The number of rotatable bonds is 4. The molecule has 0 aliphatic carbocycles. The summed E-state index contributed by atoms with van der Waals surface area (Å²) in [7, 11) is -4.00. The average Bonchev–Trinajstić information content (AvgIpc) is 2.53. The van der Waals surface area contributed by atoms with E-state index in [1.54, 1.807) is 30.3 Å². The second kappa shape index (κ2) is 9.50. The van der Waals surface area contributed by atoms with Gasteiger partial charge >= 0.3 is 0 Å². The lowest BCUT2D eigenvalue weighted by Gasteiger charge is -1.89. The van der Waals surface area contributed by atoms with E-state index in [0.29, 0.717) is 0 Å². The Balaban J connectivity index is 0.000000224. The Kier molecular flexibility index (Phi) is 7.61. The molecule has 0 saturated heterocycles. The fourth-order valence-corrected chi connectivity index (χ4v) is 1.80. The van der Waals surface area contributed by atoms with Crippen molar-refractivity contribution in [2.24, 2.45) is 0 Å². The minimum atomic E-state index is -4.00. The van der Waals surface area contributed by atoms with Crippen LogP contribution in [-0.2, 0) is 10.1 Å². The summed E-state index contributed by atoms with van der Waals surface area (Å²) in [6, 6.07) is 19.0. The molecule has 3 nitrogen and oxygen atoms in total. The number of hydrogen-bond donors (Lipinski definition) is 1. The van der Waals surface area contributed by atoms with E-state index >= 15 is 0 Å². The van der Waals surface area contributed by atoms with Gasteiger partial charge in [0.05, 0.1) is 5.41 Å². The molecule has 0 radical (unpaired) electrons. The SMILES string of the molecule is C=CC=Cc1ccccc1.O=S(=O)(O)C=Cc1ccccc1. The van der Waals surface area contributed by atoms with Crippen LogP contribution >= 0.6 is 0 Å². The first-order valence-corrected chi connectivity index (χ1v) is 8.06. The summed E-state index contributed by atoms with van der Waals surface area (Å²) < 4.78 is 28.9. The Hall–Kier alpha value is -2.43. The smallest absolute Gasteiger partial charge is 0.282 e. The Morgan fingerprint density at radius 2 is 1.27 bits per heavy atom. The summed E-state index contributed by atoms with van der Waals surface area (Å²) in [5.41, 5.74) is 1.94. The number of allylic oxidation sites excluding steroid dienone is 2. The molecule has 2 aromatic rings. The Morgan fingerprint density at radius 3 is 1.68 bits per heavy atom. The van der Waals surface area contributed by atoms with Crippen molar-refractivity contribution in [2.45, 2.75) is 0 Å². The van der Waals surface area contributed by atoms with Crippen LogP contribution in [0, 0.1) is 0 Å². The van der Waals surface area contributed by atoms with Crippen molar-refractivity contribution in [2.75, 3.05) is 0 Å². The normalized spacial score (nSPS) is 11.1. The predicted octanol–water partition coefficient (Wildman–Crippen LogP) is 4.43. The molecule has 0 aliphatic heterocycles. The third-order valence-corrected chi connectivity index (χ3v) is 2.94. The van der Waals surface area contributed by atoms with Gasteiger partial charge in [0.25, 0.3) is 10.1 Å². The molecule has 4 heteroatoms. The largest absolute Gasteiger partial charge is 0.287 e. The standard InChI is InChI=1S/C10H10.C8H8O3S/c1-2-3-7-10-8-5-4-6-9-10;9-12(10,11)7-6-8-4-2-1-3-5-8/h2-9H,1H2;1-7H,(H,9,10,11). The summed E-state index contributed by atoms with van der Waals surface area (Å²) in [6.07, 6.45) is 7.05. The third kappa shape index (κ3) is 8.68. The average molecular weight is 314 g/mol. The van der Waals surface area contributed by atoms with Gasteiger partial charge in [-0.2, -0.15) is 8.42 Å². The summed E-state index contributed by atoms with van der Waals surface area (Å²) in [4.78, 5) is 0. The van der Waals surface area contributed by atoms with Crippen molar-refractivity contribution in [3.05, 3.63) is 95.9 Å². The lowest BCUT2D eigenvalue weighted by molar-refractivity contribution is 0.494. The molecule has 0 aromatic heterocycles. The van der Waals surface area contributed by atoms with Crippen molar-refractivity contribution < 1.29 is 13.0 Å². The van der Waals surface area contributed by atoms with Crippen LogP contribution < -0.4 is 0 Å². The molecule has 0 amide bonds. The Morgan fingerprint density at radius 1 is 0.818 bits per heavy atom. The fraction of sp³-hybridized carbons (Fsp3) is 0. The van der Waals surface area contributed by atoms with E-state index in [9.17, 15) is 8.42 Å². The van der Waals surface area contributed by atoms with Crippen molar-refractivity contribution in [3.8, 4) is 0 Å². The van der Waals surface area contributed by atoms with Crippen molar-refractivity contribution in [1.82, 2.24) is 0 Å². The first kappa shape index (κ1) is 17.6. The predicted molar refractivity (Wildman–Crippen MR) is 92.7 cm³/mol. The van der Waals surface area contributed by atoms with Gasteiger partial charge in [-0.25, -0.2) is 0 Å². The highest BCUT2D eigenvalue weighted by atomic mass is 32.2. The highest BCUT2D eigenvalue weighted by molar-refractivity contribution is 7.88. The van der Waals surface area contributed by atoms with E-state index in [1.165, 1.54) is 11.6 Å². The van der Waals surface area contributed by atoms with Gasteiger partial charge in [-0.3, -0.25) is 4.55 Å². The zero-order valence-electron chi connectivity index (χ0n) is 12.0. The number of hydrogen-bond acceptors (Lipinski definition) is 2. The quantitative estimate of drug-likeness (QED) is 0.671. The molecule has 0 aliphatic rings. The van der Waals surface area contributed by atoms with Crippen LogP contribution in [0.1, 0.15) is 11.1 Å². The summed E-state index contributed by atoms with van der Waals surface area (Å²) in [6.45, 7) is 3.59. The maximum Gasteiger partial charge on any atom is 0.287 e. The highest BCUT2D eigenvalue weighted by Crippen LogP contribution is 2.02. The molecule has 22 heavy (non-hydrogen) atoms.